The Morgan fingerprint density at radius 2 is 1.82 bits per heavy atom. The average molecular weight is 411 g/mol. The lowest BCUT2D eigenvalue weighted by Crippen LogP contribution is -2.23. The van der Waals surface area contributed by atoms with Crippen LogP contribution in [0.25, 0.3) is 0 Å². The minimum absolute atomic E-state index is 0.111. The van der Waals surface area contributed by atoms with Gasteiger partial charge in [-0.3, -0.25) is 14.4 Å². The maximum absolute atomic E-state index is 11.8. The van der Waals surface area contributed by atoms with Crippen molar-refractivity contribution in [2.24, 2.45) is 5.10 Å². The van der Waals surface area contributed by atoms with Crippen molar-refractivity contribution in [3.8, 4) is 0 Å². The van der Waals surface area contributed by atoms with Crippen molar-refractivity contribution in [1.29, 1.82) is 0 Å². The van der Waals surface area contributed by atoms with Gasteiger partial charge in [-0.15, -0.1) is 0 Å². The first-order chi connectivity index (χ1) is 13.1. The van der Waals surface area contributed by atoms with E-state index in [1.165, 1.54) is 17.1 Å². The lowest BCUT2D eigenvalue weighted by Gasteiger charge is -2.12. The number of rotatable bonds is 8. The van der Waals surface area contributed by atoms with Crippen LogP contribution in [-0.2, 0) is 24.4 Å². The van der Waals surface area contributed by atoms with Gasteiger partial charge in [0, 0.05) is 18.7 Å². The molecule has 154 valence electrons. The molecular weight excluding hydrogens is 386 g/mol. The molecule has 0 saturated heterocycles. The summed E-state index contributed by atoms with van der Waals surface area (Å²) in [6.07, 6.45) is 1.09. The molecule has 1 amide bonds. The number of carbonyl (C=O) groups excluding carboxylic acids is 2. The summed E-state index contributed by atoms with van der Waals surface area (Å²) in [4.78, 5) is 32.2. The summed E-state index contributed by atoms with van der Waals surface area (Å²) in [5.74, 6) is -1.33. The molecule has 0 bridgehead atoms. The van der Waals surface area contributed by atoms with Crippen LogP contribution in [0.4, 0.5) is 5.69 Å². The molecule has 0 radical (unpaired) electrons. The third-order valence-corrected chi connectivity index (χ3v) is 5.08. The van der Waals surface area contributed by atoms with Gasteiger partial charge in [-0.25, -0.2) is 18.1 Å². The fourth-order valence-electron chi connectivity index (χ4n) is 2.33. The first kappa shape index (κ1) is 23.4. The SMILES string of the molecule is CCCC(=O)CC(=O)O.CCNS(=O)(=O)c1ccc(N2N=C(C)CC2=O)cc1. The van der Waals surface area contributed by atoms with Crippen molar-refractivity contribution < 1.29 is 27.9 Å². The molecule has 10 heteroatoms. The normalized spacial score (nSPS) is 13.6. The maximum Gasteiger partial charge on any atom is 0.310 e. The summed E-state index contributed by atoms with van der Waals surface area (Å²) in [5.41, 5.74) is 1.31. The predicted molar refractivity (Wildman–Crippen MR) is 105 cm³/mol. The topological polar surface area (TPSA) is 133 Å². The molecule has 1 aliphatic rings. The largest absolute Gasteiger partial charge is 0.481 e. The fraction of sp³-hybridized carbons (Fsp3) is 0.444. The summed E-state index contributed by atoms with van der Waals surface area (Å²) in [7, 11) is -3.46. The van der Waals surface area contributed by atoms with Crippen molar-refractivity contribution in [2.45, 2.75) is 51.3 Å². The molecule has 28 heavy (non-hydrogen) atoms. The molecule has 0 saturated carbocycles. The molecule has 2 N–H and O–H groups in total. The molecule has 0 atom stereocenters. The van der Waals surface area contributed by atoms with Gasteiger partial charge in [-0.1, -0.05) is 13.8 Å². The van der Waals surface area contributed by atoms with Gasteiger partial charge in [0.25, 0.3) is 5.91 Å². The van der Waals surface area contributed by atoms with E-state index in [0.717, 1.165) is 12.1 Å². The fourth-order valence-corrected chi connectivity index (χ4v) is 3.37. The van der Waals surface area contributed by atoms with Crippen LogP contribution in [0.15, 0.2) is 34.3 Å². The number of carboxylic acid groups (broad SMARTS) is 1. The zero-order chi connectivity index (χ0) is 21.3. The van der Waals surface area contributed by atoms with Crippen LogP contribution < -0.4 is 9.73 Å². The second-order valence-electron chi connectivity index (χ2n) is 6.07. The Hall–Kier alpha value is -2.59. The second-order valence-corrected chi connectivity index (χ2v) is 7.84. The third-order valence-electron chi connectivity index (χ3n) is 3.52. The Balaban J connectivity index is 0.000000370. The Labute approximate surface area is 164 Å². The Morgan fingerprint density at radius 1 is 1.21 bits per heavy atom. The van der Waals surface area contributed by atoms with Gasteiger partial charge in [0.1, 0.15) is 12.2 Å². The first-order valence-electron chi connectivity index (χ1n) is 8.81. The Bertz CT molecular complexity index is 847. The lowest BCUT2D eigenvalue weighted by atomic mass is 10.2. The number of nitrogens with one attached hydrogen (secondary N) is 1. The number of hydrogen-bond donors (Lipinski definition) is 2. The maximum atomic E-state index is 11.8. The Morgan fingerprint density at radius 3 is 2.25 bits per heavy atom. The molecule has 0 unspecified atom stereocenters. The van der Waals surface area contributed by atoms with E-state index >= 15 is 0 Å². The second kappa shape index (κ2) is 10.7. The van der Waals surface area contributed by atoms with Gasteiger partial charge in [0.15, 0.2) is 0 Å². The number of hydrazone groups is 1. The molecule has 0 aliphatic carbocycles. The van der Waals surface area contributed by atoms with E-state index in [9.17, 15) is 22.8 Å². The van der Waals surface area contributed by atoms with E-state index in [1.807, 2.05) is 6.92 Å². The van der Waals surface area contributed by atoms with Crippen molar-refractivity contribution in [1.82, 2.24) is 4.72 Å². The number of benzene rings is 1. The Kier molecular flexibility index (Phi) is 8.93. The number of nitrogens with zero attached hydrogens (tertiary/aromatic N) is 2. The van der Waals surface area contributed by atoms with E-state index in [1.54, 1.807) is 26.0 Å². The van der Waals surface area contributed by atoms with Crippen molar-refractivity contribution >= 4 is 39.1 Å². The smallest absolute Gasteiger partial charge is 0.310 e. The van der Waals surface area contributed by atoms with Gasteiger partial charge < -0.3 is 5.11 Å². The average Bonchev–Trinajstić information content (AvgIpc) is 2.93. The van der Waals surface area contributed by atoms with E-state index in [-0.39, 0.29) is 23.0 Å². The highest BCUT2D eigenvalue weighted by molar-refractivity contribution is 7.89. The van der Waals surface area contributed by atoms with Crippen molar-refractivity contribution in [3.05, 3.63) is 24.3 Å². The predicted octanol–water partition coefficient (Wildman–Crippen LogP) is 1.93. The molecule has 0 spiro atoms. The lowest BCUT2D eigenvalue weighted by molar-refractivity contribution is -0.140. The van der Waals surface area contributed by atoms with E-state index in [2.05, 4.69) is 9.82 Å². The first-order valence-corrected chi connectivity index (χ1v) is 10.3. The molecule has 0 fully saturated rings. The highest BCUT2D eigenvalue weighted by Crippen LogP contribution is 2.22. The zero-order valence-corrected chi connectivity index (χ0v) is 17.0. The molecule has 1 aromatic carbocycles. The quantitative estimate of drug-likeness (QED) is 0.628. The third kappa shape index (κ3) is 7.20. The molecule has 9 nitrogen and oxygen atoms in total. The van der Waals surface area contributed by atoms with E-state index in [0.29, 0.717) is 25.1 Å². The summed E-state index contributed by atoms with van der Waals surface area (Å²) < 4.78 is 25.9. The molecule has 2 rings (SSSR count). The summed E-state index contributed by atoms with van der Waals surface area (Å²) in [6, 6.07) is 6.07. The molecule has 1 heterocycles. The number of ketones is 1. The summed E-state index contributed by atoms with van der Waals surface area (Å²) >= 11 is 0. The molecular formula is C18H25N3O6S. The zero-order valence-electron chi connectivity index (χ0n) is 16.1. The van der Waals surface area contributed by atoms with Crippen molar-refractivity contribution in [3.63, 3.8) is 0 Å². The van der Waals surface area contributed by atoms with Crippen LogP contribution in [0.2, 0.25) is 0 Å². The van der Waals surface area contributed by atoms with Gasteiger partial charge in [0.2, 0.25) is 10.0 Å². The number of amides is 1. The highest BCUT2D eigenvalue weighted by atomic mass is 32.2. The number of aliphatic carboxylic acids is 1. The highest BCUT2D eigenvalue weighted by Gasteiger charge is 2.23. The number of anilines is 1. The van der Waals surface area contributed by atoms with Gasteiger partial charge >= 0.3 is 5.97 Å². The van der Waals surface area contributed by atoms with Gasteiger partial charge in [0.05, 0.1) is 17.0 Å². The minimum atomic E-state index is -3.46. The van der Waals surface area contributed by atoms with Crippen LogP contribution in [-0.4, -0.2) is 43.4 Å². The van der Waals surface area contributed by atoms with Crippen LogP contribution in [0.3, 0.4) is 0 Å². The van der Waals surface area contributed by atoms with Crippen LogP contribution in [0, 0.1) is 0 Å². The summed E-state index contributed by atoms with van der Waals surface area (Å²) in [6.45, 7) is 5.67. The van der Waals surface area contributed by atoms with Crippen molar-refractivity contribution in [2.75, 3.05) is 11.6 Å². The monoisotopic (exact) mass is 411 g/mol. The molecule has 1 aromatic rings. The van der Waals surface area contributed by atoms with Gasteiger partial charge in [-0.2, -0.15) is 5.10 Å². The number of carboxylic acids is 1. The molecule has 0 aromatic heterocycles. The number of sulfonamides is 1. The minimum Gasteiger partial charge on any atom is -0.481 e. The standard InChI is InChI=1S/C12H15N3O3S.C6H10O3/c1-3-13-19(17,18)11-6-4-10(5-7-11)15-12(16)8-9(2)14-15;1-2-3-5(7)4-6(8)9/h4-7,13H,3,8H2,1-2H3;2-4H2,1H3,(H,8,9). The molecule has 1 aliphatic heterocycles. The van der Waals surface area contributed by atoms with Crippen LogP contribution in [0.1, 0.15) is 46.5 Å². The van der Waals surface area contributed by atoms with Gasteiger partial charge in [-0.05, 0) is 37.6 Å². The number of hydrogen-bond acceptors (Lipinski definition) is 6. The number of carbonyl (C=O) groups is 3. The van der Waals surface area contributed by atoms with E-state index < -0.39 is 16.0 Å². The van der Waals surface area contributed by atoms with Crippen LogP contribution >= 0.6 is 0 Å². The van der Waals surface area contributed by atoms with E-state index in [4.69, 9.17) is 5.11 Å². The number of Topliss-reactive ketones (excluding diaryl/α,β-unsaturated/α-hetero) is 1. The van der Waals surface area contributed by atoms with Crippen LogP contribution in [0.5, 0.6) is 0 Å². The summed E-state index contributed by atoms with van der Waals surface area (Å²) in [5, 5.41) is 13.5.